The lowest BCUT2D eigenvalue weighted by Crippen LogP contribution is -2.30. The summed E-state index contributed by atoms with van der Waals surface area (Å²) in [5, 5.41) is 5.58. The van der Waals surface area contributed by atoms with E-state index in [1.54, 1.807) is 30.3 Å². The lowest BCUT2D eigenvalue weighted by atomic mass is 9.98. The van der Waals surface area contributed by atoms with Crippen LogP contribution in [0.5, 0.6) is 0 Å². The average Bonchev–Trinajstić information content (AvgIpc) is 3.46. The maximum absolute atomic E-state index is 12.7. The largest absolute Gasteiger partial charge is 0.335 e. The molecule has 1 fully saturated rings. The second kappa shape index (κ2) is 7.08. The van der Waals surface area contributed by atoms with Crippen LogP contribution < -0.4 is 15.4 Å². The SMILES string of the molecule is O=C(Nc1ccc(NS(=O)(=O)C2=Cc3ccccc3CC2)cc1)NC1CC1. The Balaban J connectivity index is 1.43. The van der Waals surface area contributed by atoms with Crippen LogP contribution in [0.4, 0.5) is 16.2 Å². The monoisotopic (exact) mass is 383 g/mol. The van der Waals surface area contributed by atoms with Gasteiger partial charge in [0.1, 0.15) is 0 Å². The van der Waals surface area contributed by atoms with Gasteiger partial charge in [0.25, 0.3) is 10.0 Å². The Hall–Kier alpha value is -2.80. The summed E-state index contributed by atoms with van der Waals surface area (Å²) < 4.78 is 28.0. The maximum atomic E-state index is 12.7. The number of fused-ring (bicyclic) bond motifs is 1. The van der Waals surface area contributed by atoms with Crippen molar-refractivity contribution in [3.8, 4) is 0 Å². The van der Waals surface area contributed by atoms with Gasteiger partial charge in [-0.15, -0.1) is 0 Å². The molecule has 2 amide bonds. The van der Waals surface area contributed by atoms with Crippen molar-refractivity contribution in [1.29, 1.82) is 0 Å². The number of carbonyl (C=O) groups is 1. The van der Waals surface area contributed by atoms with Gasteiger partial charge in [0, 0.05) is 17.4 Å². The van der Waals surface area contributed by atoms with Crippen LogP contribution >= 0.6 is 0 Å². The van der Waals surface area contributed by atoms with Crippen molar-refractivity contribution in [3.63, 3.8) is 0 Å². The van der Waals surface area contributed by atoms with E-state index in [9.17, 15) is 13.2 Å². The molecule has 6 nitrogen and oxygen atoms in total. The second-order valence-electron chi connectivity index (χ2n) is 6.87. The van der Waals surface area contributed by atoms with Gasteiger partial charge in [-0.1, -0.05) is 24.3 Å². The maximum Gasteiger partial charge on any atom is 0.319 e. The summed E-state index contributed by atoms with van der Waals surface area (Å²) in [6.07, 6.45) is 4.97. The smallest absolute Gasteiger partial charge is 0.319 e. The molecule has 2 aliphatic carbocycles. The number of allylic oxidation sites excluding steroid dienone is 1. The summed E-state index contributed by atoms with van der Waals surface area (Å²) in [7, 11) is -3.61. The van der Waals surface area contributed by atoms with Crippen molar-refractivity contribution in [2.45, 2.75) is 31.7 Å². The Bertz CT molecular complexity index is 993. The fourth-order valence-electron chi connectivity index (χ4n) is 3.04. The minimum absolute atomic E-state index is 0.239. The summed E-state index contributed by atoms with van der Waals surface area (Å²) in [6, 6.07) is 14.5. The molecular weight excluding hydrogens is 362 g/mol. The quantitative estimate of drug-likeness (QED) is 0.736. The molecule has 0 radical (unpaired) electrons. The van der Waals surface area contributed by atoms with E-state index >= 15 is 0 Å². The van der Waals surface area contributed by atoms with Gasteiger partial charge in [-0.3, -0.25) is 4.72 Å². The predicted molar refractivity (Wildman–Crippen MR) is 107 cm³/mol. The van der Waals surface area contributed by atoms with Crippen molar-refractivity contribution in [3.05, 3.63) is 64.6 Å². The standard InChI is InChI=1S/C20H21N3O3S/c24-20(21-16-6-7-16)22-17-8-10-18(11-9-17)23-27(25,26)19-12-5-14-3-1-2-4-15(14)13-19/h1-4,8-11,13,16,23H,5-7,12H2,(H2,21,22,24). The minimum Gasteiger partial charge on any atom is -0.335 e. The number of anilines is 2. The van der Waals surface area contributed by atoms with Crippen LogP contribution in [0.2, 0.25) is 0 Å². The molecule has 1 saturated carbocycles. The van der Waals surface area contributed by atoms with E-state index in [-0.39, 0.29) is 12.1 Å². The molecule has 2 aromatic carbocycles. The van der Waals surface area contributed by atoms with Gasteiger partial charge in [0.2, 0.25) is 0 Å². The molecule has 0 aromatic heterocycles. The minimum atomic E-state index is -3.61. The third kappa shape index (κ3) is 4.31. The molecule has 0 aliphatic heterocycles. The molecule has 0 heterocycles. The number of hydrogen-bond acceptors (Lipinski definition) is 3. The number of nitrogens with one attached hydrogen (secondary N) is 3. The number of sulfonamides is 1. The molecule has 0 atom stereocenters. The first kappa shape index (κ1) is 17.6. The Labute approximate surface area is 158 Å². The Morgan fingerprint density at radius 2 is 1.63 bits per heavy atom. The van der Waals surface area contributed by atoms with E-state index in [1.165, 1.54) is 0 Å². The molecular formula is C20H21N3O3S. The molecule has 2 aromatic rings. The van der Waals surface area contributed by atoms with Gasteiger partial charge in [0.05, 0.1) is 4.91 Å². The molecule has 140 valence electrons. The number of carbonyl (C=O) groups excluding carboxylic acids is 1. The highest BCUT2D eigenvalue weighted by atomic mass is 32.2. The number of urea groups is 1. The number of amides is 2. The summed E-state index contributed by atoms with van der Waals surface area (Å²) in [5.41, 5.74) is 3.19. The van der Waals surface area contributed by atoms with E-state index in [1.807, 2.05) is 24.3 Å². The van der Waals surface area contributed by atoms with Crippen LogP contribution in [-0.4, -0.2) is 20.5 Å². The molecule has 0 saturated heterocycles. The third-order valence-corrected chi connectivity index (χ3v) is 6.18. The van der Waals surface area contributed by atoms with Crippen LogP contribution in [-0.2, 0) is 16.4 Å². The van der Waals surface area contributed by atoms with Gasteiger partial charge in [-0.25, -0.2) is 13.2 Å². The van der Waals surface area contributed by atoms with E-state index in [2.05, 4.69) is 15.4 Å². The topological polar surface area (TPSA) is 87.3 Å². The molecule has 3 N–H and O–H groups in total. The summed E-state index contributed by atoms with van der Waals surface area (Å²) in [4.78, 5) is 12.1. The van der Waals surface area contributed by atoms with Crippen LogP contribution in [0.3, 0.4) is 0 Å². The van der Waals surface area contributed by atoms with Crippen LogP contribution in [0.1, 0.15) is 30.4 Å². The Morgan fingerprint density at radius 1 is 0.926 bits per heavy atom. The second-order valence-corrected chi connectivity index (χ2v) is 8.60. The van der Waals surface area contributed by atoms with Gasteiger partial charge in [0.15, 0.2) is 0 Å². The van der Waals surface area contributed by atoms with Crippen molar-refractivity contribution in [2.75, 3.05) is 10.0 Å². The van der Waals surface area contributed by atoms with Crippen molar-refractivity contribution in [1.82, 2.24) is 5.32 Å². The normalized spacial score (nSPS) is 16.1. The van der Waals surface area contributed by atoms with E-state index in [0.29, 0.717) is 29.1 Å². The molecule has 4 rings (SSSR count). The van der Waals surface area contributed by atoms with Crippen molar-refractivity contribution in [2.24, 2.45) is 0 Å². The molecule has 0 spiro atoms. The molecule has 0 unspecified atom stereocenters. The van der Waals surface area contributed by atoms with Crippen LogP contribution in [0.15, 0.2) is 53.4 Å². The third-order valence-electron chi connectivity index (χ3n) is 4.67. The zero-order chi connectivity index (χ0) is 18.9. The van der Waals surface area contributed by atoms with Crippen molar-refractivity contribution < 1.29 is 13.2 Å². The van der Waals surface area contributed by atoms with E-state index in [0.717, 1.165) is 24.0 Å². The molecule has 2 aliphatic rings. The van der Waals surface area contributed by atoms with Crippen LogP contribution in [0, 0.1) is 0 Å². The predicted octanol–water partition coefficient (Wildman–Crippen LogP) is 3.70. The highest BCUT2D eigenvalue weighted by Gasteiger charge is 2.23. The molecule has 27 heavy (non-hydrogen) atoms. The number of rotatable bonds is 5. The zero-order valence-electron chi connectivity index (χ0n) is 14.7. The average molecular weight is 383 g/mol. The highest BCUT2D eigenvalue weighted by molar-refractivity contribution is 7.96. The summed E-state index contributed by atoms with van der Waals surface area (Å²) in [5.74, 6) is 0. The lowest BCUT2D eigenvalue weighted by Gasteiger charge is -2.17. The van der Waals surface area contributed by atoms with Gasteiger partial charge < -0.3 is 10.6 Å². The molecule has 0 bridgehead atoms. The number of aryl methyl sites for hydroxylation is 1. The Morgan fingerprint density at radius 3 is 2.37 bits per heavy atom. The summed E-state index contributed by atoms with van der Waals surface area (Å²) in [6.45, 7) is 0. The number of hydrogen-bond donors (Lipinski definition) is 3. The van der Waals surface area contributed by atoms with E-state index < -0.39 is 10.0 Å². The molecule has 7 heteroatoms. The fraction of sp³-hybridized carbons (Fsp3) is 0.250. The summed E-state index contributed by atoms with van der Waals surface area (Å²) >= 11 is 0. The zero-order valence-corrected chi connectivity index (χ0v) is 15.6. The van der Waals surface area contributed by atoms with Gasteiger partial charge in [-0.05, 0) is 67.2 Å². The van der Waals surface area contributed by atoms with Gasteiger partial charge in [-0.2, -0.15) is 0 Å². The first-order valence-corrected chi connectivity index (χ1v) is 10.5. The highest BCUT2D eigenvalue weighted by Crippen LogP contribution is 2.28. The number of benzene rings is 2. The van der Waals surface area contributed by atoms with Crippen molar-refractivity contribution >= 4 is 33.5 Å². The first-order chi connectivity index (χ1) is 13.0. The fourth-order valence-corrected chi connectivity index (χ4v) is 4.27. The Kier molecular flexibility index (Phi) is 4.61. The first-order valence-electron chi connectivity index (χ1n) is 8.98. The van der Waals surface area contributed by atoms with Gasteiger partial charge >= 0.3 is 6.03 Å². The van der Waals surface area contributed by atoms with Crippen LogP contribution in [0.25, 0.3) is 6.08 Å². The van der Waals surface area contributed by atoms with E-state index in [4.69, 9.17) is 0 Å². The lowest BCUT2D eigenvalue weighted by molar-refractivity contribution is 0.251.